The molecule has 0 radical (unpaired) electrons. The normalized spacial score (nSPS) is 10.8. The van der Waals surface area contributed by atoms with Crippen LogP contribution < -0.4 is 14.9 Å². The number of methoxy groups -OCH3 is 1. The predicted molar refractivity (Wildman–Crippen MR) is 101 cm³/mol. The molecule has 0 fully saturated rings. The van der Waals surface area contributed by atoms with Crippen LogP contribution in [0.5, 0.6) is 11.5 Å². The molecule has 0 aliphatic heterocycles. The standard InChI is InChI=1S/C17H15Cl3N2O3/c1-3-25-15-7-10(6-14(20)16(15)24-2)9-21-22-17(23)12-5-4-11(18)8-13(12)19/h4-9H,3H2,1-2H3,(H,22,23)/b21-9-. The van der Waals surface area contributed by atoms with E-state index in [-0.39, 0.29) is 10.6 Å². The van der Waals surface area contributed by atoms with E-state index in [2.05, 4.69) is 10.5 Å². The summed E-state index contributed by atoms with van der Waals surface area (Å²) in [6, 6.07) is 7.93. The number of halogens is 3. The van der Waals surface area contributed by atoms with Crippen LogP contribution in [0.15, 0.2) is 35.4 Å². The van der Waals surface area contributed by atoms with Crippen molar-refractivity contribution < 1.29 is 14.3 Å². The van der Waals surface area contributed by atoms with Gasteiger partial charge in [-0.15, -0.1) is 0 Å². The molecule has 0 spiro atoms. The molecule has 2 aromatic carbocycles. The number of amides is 1. The monoisotopic (exact) mass is 400 g/mol. The second-order valence-corrected chi connectivity index (χ2v) is 6.04. The Balaban J connectivity index is 2.15. The van der Waals surface area contributed by atoms with Gasteiger partial charge >= 0.3 is 0 Å². The molecular formula is C17H15Cl3N2O3. The second-order valence-electron chi connectivity index (χ2n) is 4.79. The van der Waals surface area contributed by atoms with Crippen molar-refractivity contribution in [3.05, 3.63) is 56.5 Å². The van der Waals surface area contributed by atoms with E-state index < -0.39 is 5.91 Å². The third-order valence-electron chi connectivity index (χ3n) is 3.09. The van der Waals surface area contributed by atoms with Crippen molar-refractivity contribution in [3.8, 4) is 11.5 Å². The van der Waals surface area contributed by atoms with Gasteiger partial charge in [0.1, 0.15) is 0 Å². The van der Waals surface area contributed by atoms with E-state index in [1.165, 1.54) is 25.5 Å². The summed E-state index contributed by atoms with van der Waals surface area (Å²) < 4.78 is 10.7. The lowest BCUT2D eigenvalue weighted by Crippen LogP contribution is -2.18. The van der Waals surface area contributed by atoms with Crippen molar-refractivity contribution in [1.29, 1.82) is 0 Å². The Morgan fingerprint density at radius 1 is 1.20 bits per heavy atom. The number of hydrogen-bond acceptors (Lipinski definition) is 4. The van der Waals surface area contributed by atoms with Crippen molar-refractivity contribution in [3.63, 3.8) is 0 Å². The molecule has 0 saturated carbocycles. The molecule has 1 amide bonds. The van der Waals surface area contributed by atoms with E-state index in [4.69, 9.17) is 44.3 Å². The molecule has 0 aliphatic rings. The number of hydrogen-bond donors (Lipinski definition) is 1. The largest absolute Gasteiger partial charge is 0.491 e. The van der Waals surface area contributed by atoms with Crippen LogP contribution in [0.25, 0.3) is 0 Å². The summed E-state index contributed by atoms with van der Waals surface area (Å²) in [5, 5.41) is 4.97. The van der Waals surface area contributed by atoms with Gasteiger partial charge in [-0.05, 0) is 42.8 Å². The molecule has 0 heterocycles. The quantitative estimate of drug-likeness (QED) is 0.558. The van der Waals surface area contributed by atoms with Gasteiger partial charge in [0.2, 0.25) is 0 Å². The summed E-state index contributed by atoms with van der Waals surface area (Å²) in [6.07, 6.45) is 1.44. The first-order chi connectivity index (χ1) is 12.0. The number of benzene rings is 2. The summed E-state index contributed by atoms with van der Waals surface area (Å²) in [6.45, 7) is 2.31. The molecule has 1 N–H and O–H groups in total. The molecule has 25 heavy (non-hydrogen) atoms. The number of rotatable bonds is 6. The number of carbonyl (C=O) groups excluding carboxylic acids is 1. The Bertz CT molecular complexity index is 810. The van der Waals surface area contributed by atoms with Crippen LogP contribution in [-0.2, 0) is 0 Å². The molecule has 2 rings (SSSR count). The first-order valence-corrected chi connectivity index (χ1v) is 8.38. The van der Waals surface area contributed by atoms with Gasteiger partial charge in [-0.1, -0.05) is 34.8 Å². The summed E-state index contributed by atoms with van der Waals surface area (Å²) in [5.74, 6) is 0.478. The summed E-state index contributed by atoms with van der Waals surface area (Å²) in [4.78, 5) is 12.1. The SMILES string of the molecule is CCOc1cc(/C=N\NC(=O)c2ccc(Cl)cc2Cl)cc(Cl)c1OC. The Hall–Kier alpha value is -1.95. The van der Waals surface area contributed by atoms with Crippen LogP contribution in [0.2, 0.25) is 15.1 Å². The molecule has 0 saturated heterocycles. The minimum atomic E-state index is -0.456. The van der Waals surface area contributed by atoms with Crippen LogP contribution in [0.4, 0.5) is 0 Å². The molecular weight excluding hydrogens is 387 g/mol. The maximum absolute atomic E-state index is 12.1. The molecule has 0 unspecified atom stereocenters. The van der Waals surface area contributed by atoms with Gasteiger partial charge in [0.15, 0.2) is 11.5 Å². The highest BCUT2D eigenvalue weighted by molar-refractivity contribution is 6.36. The molecule has 2 aromatic rings. The first-order valence-electron chi connectivity index (χ1n) is 7.25. The average Bonchev–Trinajstić information content (AvgIpc) is 2.55. The van der Waals surface area contributed by atoms with Gasteiger partial charge in [-0.25, -0.2) is 5.43 Å². The highest BCUT2D eigenvalue weighted by Gasteiger charge is 2.12. The maximum atomic E-state index is 12.1. The molecule has 5 nitrogen and oxygen atoms in total. The number of carbonyl (C=O) groups is 1. The third kappa shape index (κ3) is 5.01. The first kappa shape index (κ1) is 19.4. The molecule has 8 heteroatoms. The zero-order chi connectivity index (χ0) is 18.4. The zero-order valence-electron chi connectivity index (χ0n) is 13.5. The molecule has 0 bridgehead atoms. The van der Waals surface area contributed by atoms with Crippen LogP contribution in [0.3, 0.4) is 0 Å². The lowest BCUT2D eigenvalue weighted by atomic mass is 10.2. The summed E-state index contributed by atoms with van der Waals surface area (Å²) >= 11 is 18.0. The fraction of sp³-hybridized carbons (Fsp3) is 0.176. The van der Waals surface area contributed by atoms with E-state index in [1.54, 1.807) is 18.2 Å². The van der Waals surface area contributed by atoms with Crippen molar-refractivity contribution in [2.24, 2.45) is 5.10 Å². The Morgan fingerprint density at radius 3 is 2.60 bits per heavy atom. The second kappa shape index (κ2) is 8.94. The van der Waals surface area contributed by atoms with E-state index in [0.717, 1.165) is 0 Å². The van der Waals surface area contributed by atoms with E-state index in [0.29, 0.717) is 33.7 Å². The number of nitrogens with zero attached hydrogens (tertiary/aromatic N) is 1. The van der Waals surface area contributed by atoms with Gasteiger partial charge in [0, 0.05) is 5.02 Å². The highest BCUT2D eigenvalue weighted by Crippen LogP contribution is 2.35. The fourth-order valence-corrected chi connectivity index (χ4v) is 2.81. The average molecular weight is 402 g/mol. The maximum Gasteiger partial charge on any atom is 0.272 e. The lowest BCUT2D eigenvalue weighted by Gasteiger charge is -2.11. The number of nitrogens with one attached hydrogen (secondary N) is 1. The summed E-state index contributed by atoms with van der Waals surface area (Å²) in [7, 11) is 1.51. The Kier molecular flexibility index (Phi) is 6.93. The topological polar surface area (TPSA) is 59.9 Å². The molecule has 0 aromatic heterocycles. The van der Waals surface area contributed by atoms with E-state index >= 15 is 0 Å². The number of hydrazone groups is 1. The molecule has 132 valence electrons. The minimum absolute atomic E-state index is 0.242. The zero-order valence-corrected chi connectivity index (χ0v) is 15.7. The Morgan fingerprint density at radius 2 is 1.96 bits per heavy atom. The van der Waals surface area contributed by atoms with Crippen molar-refractivity contribution in [1.82, 2.24) is 5.43 Å². The highest BCUT2D eigenvalue weighted by atomic mass is 35.5. The number of ether oxygens (including phenoxy) is 2. The molecule has 0 atom stereocenters. The van der Waals surface area contributed by atoms with Crippen LogP contribution in [0, 0.1) is 0 Å². The van der Waals surface area contributed by atoms with Gasteiger partial charge in [-0.3, -0.25) is 4.79 Å². The van der Waals surface area contributed by atoms with Crippen molar-refractivity contribution in [2.75, 3.05) is 13.7 Å². The summed E-state index contributed by atoms with van der Waals surface area (Å²) in [5.41, 5.74) is 3.30. The Labute approximate surface area is 160 Å². The van der Waals surface area contributed by atoms with Gasteiger partial charge in [0.05, 0.1) is 35.5 Å². The van der Waals surface area contributed by atoms with Crippen molar-refractivity contribution in [2.45, 2.75) is 6.92 Å². The predicted octanol–water partition coefficient (Wildman–Crippen LogP) is 4.82. The minimum Gasteiger partial charge on any atom is -0.491 e. The van der Waals surface area contributed by atoms with Gasteiger partial charge < -0.3 is 9.47 Å². The molecule has 0 aliphatic carbocycles. The third-order valence-corrected chi connectivity index (χ3v) is 3.92. The fourth-order valence-electron chi connectivity index (χ4n) is 2.02. The van der Waals surface area contributed by atoms with E-state index in [1.807, 2.05) is 6.92 Å². The lowest BCUT2D eigenvalue weighted by molar-refractivity contribution is 0.0955. The van der Waals surface area contributed by atoms with Crippen LogP contribution in [0.1, 0.15) is 22.8 Å². The van der Waals surface area contributed by atoms with Crippen LogP contribution >= 0.6 is 34.8 Å². The van der Waals surface area contributed by atoms with Crippen molar-refractivity contribution >= 4 is 46.9 Å². The van der Waals surface area contributed by atoms with Gasteiger partial charge in [0.25, 0.3) is 5.91 Å². The van der Waals surface area contributed by atoms with Crippen LogP contribution in [-0.4, -0.2) is 25.8 Å². The van der Waals surface area contributed by atoms with Gasteiger partial charge in [-0.2, -0.15) is 5.10 Å². The van der Waals surface area contributed by atoms with E-state index in [9.17, 15) is 4.79 Å². The smallest absolute Gasteiger partial charge is 0.272 e.